The van der Waals surface area contributed by atoms with E-state index >= 15 is 0 Å². The monoisotopic (exact) mass is 433 g/mol. The van der Waals surface area contributed by atoms with E-state index in [0.29, 0.717) is 9.93 Å². The summed E-state index contributed by atoms with van der Waals surface area (Å²) in [5.74, 6) is -0.0270. The van der Waals surface area contributed by atoms with Crippen molar-refractivity contribution in [1.82, 2.24) is 21.3 Å². The van der Waals surface area contributed by atoms with E-state index in [2.05, 4.69) is 21.3 Å². The van der Waals surface area contributed by atoms with Gasteiger partial charge in [-0.1, -0.05) is 29.4 Å². The first-order chi connectivity index (χ1) is 14.1. The molecule has 1 aromatic carbocycles. The number of hydrogen-bond acceptors (Lipinski definition) is 5. The maximum absolute atomic E-state index is 13.1. The fraction of sp³-hybridized carbons (Fsp3) is 0.500. The second-order valence-corrected chi connectivity index (χ2v) is 9.50. The number of carbonyl (C=O) groups excluding carboxylic acids is 2. The van der Waals surface area contributed by atoms with Crippen molar-refractivity contribution in [2.45, 2.75) is 36.7 Å². The number of nitrogens with one attached hydrogen (secondary N) is 4. The van der Waals surface area contributed by atoms with E-state index in [1.807, 2.05) is 18.2 Å². The minimum absolute atomic E-state index is 0.00221. The lowest BCUT2D eigenvalue weighted by atomic mass is 9.86. The van der Waals surface area contributed by atoms with Crippen molar-refractivity contribution in [1.29, 1.82) is 0 Å². The van der Waals surface area contributed by atoms with Gasteiger partial charge < -0.3 is 21.3 Å². The SMILES string of the molecule is O=C(N[C@@H]1CCCNC1)C1=C2NC(=O)N(c3cccc(Cl)c3)C3CCNC(S1)C23. The number of amides is 3. The topological polar surface area (TPSA) is 85.5 Å². The standard InChI is InChI=1S/C20H24ClN5O2S/c21-11-3-1-5-13(9-11)26-14-6-8-23-19-15(14)16(25-20(26)28)17(29-19)18(27)24-12-4-2-7-22-10-12/h1,3,5,9,12,14-15,19,22-23H,2,4,6-8,10H2,(H,24,27)(H,25,28)/t12-,14?,15?,19?/m1/s1. The van der Waals surface area contributed by atoms with Crippen LogP contribution < -0.4 is 26.2 Å². The molecule has 3 saturated heterocycles. The van der Waals surface area contributed by atoms with E-state index in [9.17, 15) is 9.59 Å². The number of rotatable bonds is 3. The molecule has 7 nitrogen and oxygen atoms in total. The first-order valence-electron chi connectivity index (χ1n) is 10.1. The fourth-order valence-corrected chi connectivity index (χ4v) is 6.36. The largest absolute Gasteiger partial charge is 0.348 e. The smallest absolute Gasteiger partial charge is 0.326 e. The summed E-state index contributed by atoms with van der Waals surface area (Å²) in [7, 11) is 0. The highest BCUT2D eigenvalue weighted by atomic mass is 35.5. The molecule has 0 aromatic heterocycles. The van der Waals surface area contributed by atoms with Gasteiger partial charge >= 0.3 is 6.03 Å². The number of anilines is 1. The number of thioether (sulfide) groups is 1. The average Bonchev–Trinajstić information content (AvgIpc) is 3.09. The molecular weight excluding hydrogens is 410 g/mol. The molecule has 5 rings (SSSR count). The normalized spacial score (nSPS) is 31.3. The molecule has 3 unspecified atom stereocenters. The van der Waals surface area contributed by atoms with Gasteiger partial charge in [-0.25, -0.2) is 4.79 Å². The van der Waals surface area contributed by atoms with Crippen LogP contribution in [-0.2, 0) is 4.79 Å². The lowest BCUT2D eigenvalue weighted by Gasteiger charge is -2.45. The minimum Gasteiger partial charge on any atom is -0.348 e. The summed E-state index contributed by atoms with van der Waals surface area (Å²) in [6.45, 7) is 2.60. The summed E-state index contributed by atoms with van der Waals surface area (Å²) in [5.41, 5.74) is 1.55. The molecule has 3 amide bonds. The van der Waals surface area contributed by atoms with Gasteiger partial charge in [0, 0.05) is 34.9 Å². The van der Waals surface area contributed by atoms with E-state index in [1.165, 1.54) is 11.8 Å². The van der Waals surface area contributed by atoms with Gasteiger partial charge in [-0.15, -0.1) is 0 Å². The van der Waals surface area contributed by atoms with Crippen LogP contribution in [0.2, 0.25) is 5.02 Å². The summed E-state index contributed by atoms with van der Waals surface area (Å²) < 4.78 is 0. The molecule has 4 atom stereocenters. The molecule has 0 spiro atoms. The molecule has 9 heteroatoms. The molecule has 4 aliphatic heterocycles. The summed E-state index contributed by atoms with van der Waals surface area (Å²) in [5, 5.41) is 13.7. The molecule has 0 aliphatic carbocycles. The highest BCUT2D eigenvalue weighted by Crippen LogP contribution is 2.48. The van der Waals surface area contributed by atoms with Crippen LogP contribution in [0.5, 0.6) is 0 Å². The zero-order valence-electron chi connectivity index (χ0n) is 15.9. The quantitative estimate of drug-likeness (QED) is 0.586. The predicted molar refractivity (Wildman–Crippen MR) is 115 cm³/mol. The first kappa shape index (κ1) is 19.2. The van der Waals surface area contributed by atoms with Crippen LogP contribution in [-0.4, -0.2) is 49.0 Å². The van der Waals surface area contributed by atoms with Crippen molar-refractivity contribution in [2.75, 3.05) is 24.5 Å². The highest BCUT2D eigenvalue weighted by molar-refractivity contribution is 8.04. The molecule has 0 radical (unpaired) electrons. The van der Waals surface area contributed by atoms with E-state index < -0.39 is 0 Å². The van der Waals surface area contributed by atoms with Gasteiger partial charge in [0.1, 0.15) is 0 Å². The van der Waals surface area contributed by atoms with Crippen molar-refractivity contribution in [3.05, 3.63) is 39.9 Å². The van der Waals surface area contributed by atoms with E-state index in [4.69, 9.17) is 11.6 Å². The van der Waals surface area contributed by atoms with Crippen LogP contribution in [0.4, 0.5) is 10.5 Å². The van der Waals surface area contributed by atoms with Crippen LogP contribution in [0.1, 0.15) is 19.3 Å². The number of carbonyl (C=O) groups is 2. The van der Waals surface area contributed by atoms with E-state index in [0.717, 1.165) is 50.3 Å². The minimum atomic E-state index is -0.198. The van der Waals surface area contributed by atoms with Crippen LogP contribution in [0.3, 0.4) is 0 Å². The molecule has 0 bridgehead atoms. The Morgan fingerprint density at radius 2 is 2.17 bits per heavy atom. The second-order valence-electron chi connectivity index (χ2n) is 7.91. The molecule has 4 N–H and O–H groups in total. The lowest BCUT2D eigenvalue weighted by molar-refractivity contribution is -0.117. The summed E-state index contributed by atoms with van der Waals surface area (Å²) >= 11 is 7.71. The van der Waals surface area contributed by atoms with Gasteiger partial charge in [-0.2, -0.15) is 0 Å². The molecule has 4 aliphatic rings. The van der Waals surface area contributed by atoms with Crippen molar-refractivity contribution < 1.29 is 9.59 Å². The number of piperidine rings is 2. The Hall–Kier alpha value is -1.74. The molecule has 29 heavy (non-hydrogen) atoms. The molecule has 0 saturated carbocycles. The summed E-state index contributed by atoms with van der Waals surface area (Å²) in [6.07, 6.45) is 2.87. The first-order valence-corrected chi connectivity index (χ1v) is 11.4. The van der Waals surface area contributed by atoms with Gasteiger partial charge in [0.15, 0.2) is 0 Å². The van der Waals surface area contributed by atoms with Crippen LogP contribution in [0.25, 0.3) is 0 Å². The third-order valence-corrected chi connectivity index (χ3v) is 7.66. The molecular formula is C20H24ClN5O2S. The molecule has 1 aromatic rings. The van der Waals surface area contributed by atoms with Crippen molar-refractivity contribution in [3.8, 4) is 0 Å². The molecule has 3 fully saturated rings. The maximum Gasteiger partial charge on any atom is 0.326 e. The fourth-order valence-electron chi connectivity index (χ4n) is 4.77. The van der Waals surface area contributed by atoms with Crippen molar-refractivity contribution >= 4 is 41.0 Å². The number of urea groups is 1. The Morgan fingerprint density at radius 1 is 1.28 bits per heavy atom. The van der Waals surface area contributed by atoms with Gasteiger partial charge in [0.2, 0.25) is 0 Å². The summed E-state index contributed by atoms with van der Waals surface area (Å²) in [6, 6.07) is 7.32. The predicted octanol–water partition coefficient (Wildman–Crippen LogP) is 2.00. The Balaban J connectivity index is 1.44. The summed E-state index contributed by atoms with van der Waals surface area (Å²) in [4.78, 5) is 28.6. The number of halogens is 1. The number of hydrogen-bond donors (Lipinski definition) is 4. The van der Waals surface area contributed by atoms with Gasteiger partial charge in [0.05, 0.1) is 16.3 Å². The Bertz CT molecular complexity index is 872. The number of nitrogens with zero attached hydrogens (tertiary/aromatic N) is 1. The highest BCUT2D eigenvalue weighted by Gasteiger charge is 2.51. The Morgan fingerprint density at radius 3 is 2.97 bits per heavy atom. The van der Waals surface area contributed by atoms with Gasteiger partial charge in [-0.3, -0.25) is 9.69 Å². The molecule has 4 heterocycles. The average molecular weight is 434 g/mol. The van der Waals surface area contributed by atoms with Gasteiger partial charge in [-0.05, 0) is 50.6 Å². The van der Waals surface area contributed by atoms with Crippen molar-refractivity contribution in [3.63, 3.8) is 0 Å². The van der Waals surface area contributed by atoms with Crippen LogP contribution in [0.15, 0.2) is 34.9 Å². The lowest BCUT2D eigenvalue weighted by Crippen LogP contribution is -2.62. The third-order valence-electron chi connectivity index (χ3n) is 6.07. The third kappa shape index (κ3) is 3.52. The molecule has 154 valence electrons. The maximum atomic E-state index is 13.1. The Labute approximate surface area is 179 Å². The van der Waals surface area contributed by atoms with Gasteiger partial charge in [0.25, 0.3) is 5.91 Å². The number of benzene rings is 1. The van der Waals surface area contributed by atoms with Crippen molar-refractivity contribution in [2.24, 2.45) is 5.92 Å². The zero-order valence-corrected chi connectivity index (χ0v) is 17.5. The van der Waals surface area contributed by atoms with Crippen LogP contribution in [0, 0.1) is 5.92 Å². The Kier molecular flexibility index (Phi) is 5.19. The zero-order chi connectivity index (χ0) is 20.0. The van der Waals surface area contributed by atoms with E-state index in [-0.39, 0.29) is 35.3 Å². The van der Waals surface area contributed by atoms with Crippen LogP contribution >= 0.6 is 23.4 Å². The van der Waals surface area contributed by atoms with E-state index in [1.54, 1.807) is 11.0 Å². The second kappa shape index (κ2) is 7.83.